The molecule has 0 radical (unpaired) electrons. The van der Waals surface area contributed by atoms with E-state index in [2.05, 4.69) is 15.2 Å². The third-order valence-corrected chi connectivity index (χ3v) is 6.00. The molecular weight excluding hydrogens is 340 g/mol. The molecule has 1 saturated carbocycles. The number of amides is 1. The van der Waals surface area contributed by atoms with Crippen molar-refractivity contribution >= 4 is 33.7 Å². The quantitative estimate of drug-likeness (QED) is 0.701. The van der Waals surface area contributed by atoms with Gasteiger partial charge in [0, 0.05) is 24.0 Å². The van der Waals surface area contributed by atoms with E-state index >= 15 is 0 Å². The lowest BCUT2D eigenvalue weighted by Crippen LogP contribution is -2.38. The number of nitrogens with zero attached hydrogens (tertiary/aromatic N) is 4. The predicted molar refractivity (Wildman–Crippen MR) is 96.5 cm³/mol. The SMILES string of the molecule is O=C(c1cccs1)N(c1nnc(-c2cccnc2)s1)C1CCCC1. The van der Waals surface area contributed by atoms with Crippen molar-refractivity contribution in [2.24, 2.45) is 0 Å². The fourth-order valence-corrected chi connectivity index (χ4v) is 4.57. The summed E-state index contributed by atoms with van der Waals surface area (Å²) in [5.41, 5.74) is 0.927. The fraction of sp³-hybridized carbons (Fsp3) is 0.294. The van der Waals surface area contributed by atoms with Gasteiger partial charge in [-0.2, -0.15) is 0 Å². The minimum absolute atomic E-state index is 0.0331. The molecule has 4 rings (SSSR count). The summed E-state index contributed by atoms with van der Waals surface area (Å²) in [7, 11) is 0. The largest absolute Gasteiger partial charge is 0.279 e. The summed E-state index contributed by atoms with van der Waals surface area (Å²) in [6.07, 6.45) is 7.88. The normalized spacial score (nSPS) is 14.8. The Labute approximate surface area is 148 Å². The van der Waals surface area contributed by atoms with E-state index in [9.17, 15) is 4.79 Å². The van der Waals surface area contributed by atoms with Crippen LogP contribution in [-0.2, 0) is 0 Å². The van der Waals surface area contributed by atoms with Gasteiger partial charge in [0.15, 0.2) is 5.01 Å². The Morgan fingerprint density at radius 1 is 1.17 bits per heavy atom. The molecule has 1 aliphatic rings. The van der Waals surface area contributed by atoms with Gasteiger partial charge >= 0.3 is 0 Å². The summed E-state index contributed by atoms with van der Waals surface area (Å²) in [4.78, 5) is 19.7. The Balaban J connectivity index is 1.69. The zero-order valence-corrected chi connectivity index (χ0v) is 14.6. The first-order chi connectivity index (χ1) is 11.8. The van der Waals surface area contributed by atoms with Gasteiger partial charge in [0.05, 0.1) is 4.88 Å². The van der Waals surface area contributed by atoms with E-state index in [4.69, 9.17) is 0 Å². The fourth-order valence-electron chi connectivity index (χ4n) is 3.01. The number of anilines is 1. The van der Waals surface area contributed by atoms with Crippen LogP contribution in [0.4, 0.5) is 5.13 Å². The van der Waals surface area contributed by atoms with Gasteiger partial charge < -0.3 is 0 Å². The van der Waals surface area contributed by atoms with Crippen LogP contribution >= 0.6 is 22.7 Å². The molecule has 1 amide bonds. The Bertz CT molecular complexity index is 810. The van der Waals surface area contributed by atoms with Crippen LogP contribution < -0.4 is 4.90 Å². The predicted octanol–water partition coefficient (Wildman–Crippen LogP) is 4.25. The number of hydrogen-bond donors (Lipinski definition) is 0. The van der Waals surface area contributed by atoms with Gasteiger partial charge in [0.25, 0.3) is 5.91 Å². The second kappa shape index (κ2) is 6.78. The van der Waals surface area contributed by atoms with Crippen LogP contribution in [0.25, 0.3) is 10.6 Å². The van der Waals surface area contributed by atoms with Crippen LogP contribution in [0.5, 0.6) is 0 Å². The number of carbonyl (C=O) groups excluding carboxylic acids is 1. The monoisotopic (exact) mass is 356 g/mol. The van der Waals surface area contributed by atoms with Crippen LogP contribution in [0.1, 0.15) is 35.4 Å². The van der Waals surface area contributed by atoms with Gasteiger partial charge in [-0.15, -0.1) is 21.5 Å². The minimum atomic E-state index is 0.0331. The van der Waals surface area contributed by atoms with Crippen LogP contribution in [0.15, 0.2) is 42.0 Å². The molecule has 0 aromatic carbocycles. The summed E-state index contributed by atoms with van der Waals surface area (Å²) in [6.45, 7) is 0. The summed E-state index contributed by atoms with van der Waals surface area (Å²) >= 11 is 2.93. The third-order valence-electron chi connectivity index (χ3n) is 4.17. The van der Waals surface area contributed by atoms with Crippen molar-refractivity contribution in [3.8, 4) is 10.6 Å². The molecule has 0 N–H and O–H groups in total. The van der Waals surface area contributed by atoms with Gasteiger partial charge in [0.2, 0.25) is 5.13 Å². The molecule has 3 aromatic rings. The highest BCUT2D eigenvalue weighted by Gasteiger charge is 2.31. The van der Waals surface area contributed by atoms with Crippen molar-refractivity contribution in [1.82, 2.24) is 15.2 Å². The van der Waals surface area contributed by atoms with E-state index in [0.29, 0.717) is 5.13 Å². The maximum absolute atomic E-state index is 13.0. The van der Waals surface area contributed by atoms with Gasteiger partial charge in [-0.05, 0) is 36.4 Å². The van der Waals surface area contributed by atoms with Gasteiger partial charge in [-0.1, -0.05) is 30.2 Å². The standard InChI is InChI=1S/C17H16N4OS2/c22-16(14-8-4-10-23-14)21(13-6-1-2-7-13)17-20-19-15(24-17)12-5-3-9-18-11-12/h3-5,8-11,13H,1-2,6-7H2. The van der Waals surface area contributed by atoms with Crippen molar-refractivity contribution in [2.75, 3.05) is 4.90 Å². The summed E-state index contributed by atoms with van der Waals surface area (Å²) < 4.78 is 0. The number of carbonyl (C=O) groups is 1. The van der Waals surface area contributed by atoms with E-state index in [1.807, 2.05) is 34.5 Å². The molecule has 0 saturated heterocycles. The Kier molecular flexibility index (Phi) is 4.36. The van der Waals surface area contributed by atoms with E-state index < -0.39 is 0 Å². The van der Waals surface area contributed by atoms with Crippen molar-refractivity contribution < 1.29 is 4.79 Å². The maximum Gasteiger partial charge on any atom is 0.270 e. The lowest BCUT2D eigenvalue weighted by Gasteiger charge is -2.25. The molecule has 0 aliphatic heterocycles. The molecule has 0 spiro atoms. The molecular formula is C17H16N4OS2. The van der Waals surface area contributed by atoms with Gasteiger partial charge in [-0.25, -0.2) is 0 Å². The summed E-state index contributed by atoms with van der Waals surface area (Å²) in [6, 6.07) is 7.83. The first-order valence-corrected chi connectivity index (χ1v) is 9.63. The topological polar surface area (TPSA) is 59.0 Å². The van der Waals surface area contributed by atoms with E-state index in [1.165, 1.54) is 22.7 Å². The highest BCUT2D eigenvalue weighted by Crippen LogP contribution is 2.34. The molecule has 0 unspecified atom stereocenters. The van der Waals surface area contributed by atoms with Crippen molar-refractivity contribution in [3.63, 3.8) is 0 Å². The second-order valence-corrected chi connectivity index (χ2v) is 7.63. The number of aromatic nitrogens is 3. The van der Waals surface area contributed by atoms with E-state index in [-0.39, 0.29) is 11.9 Å². The first kappa shape index (κ1) is 15.4. The second-order valence-electron chi connectivity index (χ2n) is 5.72. The van der Waals surface area contributed by atoms with Crippen LogP contribution in [0.3, 0.4) is 0 Å². The Morgan fingerprint density at radius 2 is 2.04 bits per heavy atom. The lowest BCUT2D eigenvalue weighted by molar-refractivity contribution is 0.0980. The molecule has 24 heavy (non-hydrogen) atoms. The first-order valence-electron chi connectivity index (χ1n) is 7.94. The average Bonchev–Trinajstić information content (AvgIpc) is 3.38. The number of hydrogen-bond acceptors (Lipinski definition) is 6. The number of rotatable bonds is 4. The van der Waals surface area contributed by atoms with Crippen LogP contribution in [0, 0.1) is 0 Å². The Hall–Kier alpha value is -2.12. The van der Waals surface area contributed by atoms with Gasteiger partial charge in [-0.3, -0.25) is 14.7 Å². The summed E-state index contributed by atoms with van der Waals surface area (Å²) in [5, 5.41) is 12.0. The van der Waals surface area contributed by atoms with Gasteiger partial charge in [0.1, 0.15) is 0 Å². The molecule has 3 aromatic heterocycles. The zero-order chi connectivity index (χ0) is 16.4. The molecule has 122 valence electrons. The summed E-state index contributed by atoms with van der Waals surface area (Å²) in [5.74, 6) is 0.0331. The maximum atomic E-state index is 13.0. The molecule has 1 aliphatic carbocycles. The highest BCUT2D eigenvalue weighted by molar-refractivity contribution is 7.18. The van der Waals surface area contributed by atoms with Crippen molar-refractivity contribution in [2.45, 2.75) is 31.7 Å². The third kappa shape index (κ3) is 2.97. The molecule has 3 heterocycles. The lowest BCUT2D eigenvalue weighted by atomic mass is 10.2. The zero-order valence-electron chi connectivity index (χ0n) is 13.0. The number of thiophene rings is 1. The molecule has 0 atom stereocenters. The van der Waals surface area contributed by atoms with E-state index in [1.54, 1.807) is 12.4 Å². The van der Waals surface area contributed by atoms with Crippen molar-refractivity contribution in [1.29, 1.82) is 0 Å². The minimum Gasteiger partial charge on any atom is -0.279 e. The van der Waals surface area contributed by atoms with Crippen LogP contribution in [-0.4, -0.2) is 27.1 Å². The highest BCUT2D eigenvalue weighted by atomic mass is 32.1. The molecule has 1 fully saturated rings. The molecule has 5 nitrogen and oxygen atoms in total. The van der Waals surface area contributed by atoms with Crippen LogP contribution in [0.2, 0.25) is 0 Å². The number of pyridine rings is 1. The smallest absolute Gasteiger partial charge is 0.270 e. The van der Waals surface area contributed by atoms with E-state index in [0.717, 1.165) is 41.1 Å². The Morgan fingerprint density at radius 3 is 2.75 bits per heavy atom. The molecule has 7 heteroatoms. The van der Waals surface area contributed by atoms with Crippen molar-refractivity contribution in [3.05, 3.63) is 46.9 Å². The molecule has 0 bridgehead atoms. The average molecular weight is 356 g/mol.